The lowest BCUT2D eigenvalue weighted by atomic mass is 10.0. The molecule has 1 aromatic rings. The summed E-state index contributed by atoms with van der Waals surface area (Å²) in [7, 11) is 0. The van der Waals surface area contributed by atoms with E-state index in [0.717, 1.165) is 0 Å². The maximum Gasteiger partial charge on any atom is 0.387 e. The van der Waals surface area contributed by atoms with Crippen molar-refractivity contribution in [3.63, 3.8) is 0 Å². The van der Waals surface area contributed by atoms with Crippen LogP contribution in [-0.4, -0.2) is 30.1 Å². The molecule has 0 saturated carbocycles. The Morgan fingerprint density at radius 3 is 2.38 bits per heavy atom. The Balaban J connectivity index is 2.53. The smallest absolute Gasteiger partial charge is 0.387 e. The normalized spacial score (nSPS) is 12.0. The highest BCUT2D eigenvalue weighted by Crippen LogP contribution is 2.15. The van der Waals surface area contributed by atoms with Gasteiger partial charge in [0.15, 0.2) is 0 Å². The van der Waals surface area contributed by atoms with Gasteiger partial charge >= 0.3 is 12.6 Å². The summed E-state index contributed by atoms with van der Waals surface area (Å²) >= 11 is 0. The molecule has 21 heavy (non-hydrogen) atoms. The van der Waals surface area contributed by atoms with E-state index in [4.69, 9.17) is 5.11 Å². The van der Waals surface area contributed by atoms with E-state index in [-0.39, 0.29) is 30.5 Å². The SMILES string of the molecule is CCC(CNC(=O)c1ccc(OC(F)F)cc1)CC(=O)O. The van der Waals surface area contributed by atoms with Crippen molar-refractivity contribution in [3.05, 3.63) is 29.8 Å². The summed E-state index contributed by atoms with van der Waals surface area (Å²) in [5.74, 6) is -1.47. The van der Waals surface area contributed by atoms with Crippen LogP contribution >= 0.6 is 0 Å². The lowest BCUT2D eigenvalue weighted by molar-refractivity contribution is -0.138. The van der Waals surface area contributed by atoms with Gasteiger partial charge in [-0.3, -0.25) is 9.59 Å². The van der Waals surface area contributed by atoms with Crippen molar-refractivity contribution in [2.24, 2.45) is 5.92 Å². The van der Waals surface area contributed by atoms with Crippen LogP contribution in [0.1, 0.15) is 30.1 Å². The van der Waals surface area contributed by atoms with Gasteiger partial charge in [-0.1, -0.05) is 13.3 Å². The van der Waals surface area contributed by atoms with Crippen molar-refractivity contribution in [1.29, 1.82) is 0 Å². The molecule has 116 valence electrons. The minimum atomic E-state index is -2.91. The summed E-state index contributed by atoms with van der Waals surface area (Å²) in [6, 6.07) is 5.28. The number of hydrogen-bond donors (Lipinski definition) is 2. The molecule has 1 atom stereocenters. The van der Waals surface area contributed by atoms with Crippen LogP contribution in [0.4, 0.5) is 8.78 Å². The number of carboxylic acids is 1. The predicted molar refractivity (Wildman–Crippen MR) is 71.4 cm³/mol. The first-order valence-corrected chi connectivity index (χ1v) is 6.47. The second-order valence-corrected chi connectivity index (χ2v) is 4.49. The van der Waals surface area contributed by atoms with E-state index in [1.54, 1.807) is 0 Å². The van der Waals surface area contributed by atoms with Crippen LogP contribution in [0.15, 0.2) is 24.3 Å². The molecule has 1 aromatic carbocycles. The van der Waals surface area contributed by atoms with Crippen LogP contribution in [0.2, 0.25) is 0 Å². The fraction of sp³-hybridized carbons (Fsp3) is 0.429. The van der Waals surface area contributed by atoms with Gasteiger partial charge in [0.25, 0.3) is 5.91 Å². The molecule has 1 unspecified atom stereocenters. The number of aliphatic carboxylic acids is 1. The first-order valence-electron chi connectivity index (χ1n) is 6.47. The standard InChI is InChI=1S/C14H17F2NO4/c1-2-9(7-12(18)19)8-17-13(20)10-3-5-11(6-4-10)21-14(15)16/h3-6,9,14H,2,7-8H2,1H3,(H,17,20)(H,18,19). The molecule has 0 aliphatic heterocycles. The van der Waals surface area contributed by atoms with E-state index in [9.17, 15) is 18.4 Å². The fourth-order valence-electron chi connectivity index (χ4n) is 1.73. The summed E-state index contributed by atoms with van der Waals surface area (Å²) in [6.07, 6.45) is 0.617. The van der Waals surface area contributed by atoms with Crippen molar-refractivity contribution in [1.82, 2.24) is 5.32 Å². The lowest BCUT2D eigenvalue weighted by Crippen LogP contribution is -2.30. The minimum Gasteiger partial charge on any atom is -0.481 e. The monoisotopic (exact) mass is 301 g/mol. The van der Waals surface area contributed by atoms with Gasteiger partial charge in [0.1, 0.15) is 5.75 Å². The topological polar surface area (TPSA) is 75.6 Å². The Labute approximate surface area is 120 Å². The van der Waals surface area contributed by atoms with Gasteiger partial charge in [-0.15, -0.1) is 0 Å². The van der Waals surface area contributed by atoms with Gasteiger partial charge in [0.2, 0.25) is 0 Å². The third-order valence-electron chi connectivity index (χ3n) is 2.93. The summed E-state index contributed by atoms with van der Waals surface area (Å²) < 4.78 is 28.1. The highest BCUT2D eigenvalue weighted by molar-refractivity contribution is 5.94. The van der Waals surface area contributed by atoms with Crippen LogP contribution in [0.5, 0.6) is 5.75 Å². The number of alkyl halides is 2. The number of ether oxygens (including phenoxy) is 1. The fourth-order valence-corrected chi connectivity index (χ4v) is 1.73. The van der Waals surface area contributed by atoms with E-state index in [0.29, 0.717) is 12.0 Å². The highest BCUT2D eigenvalue weighted by atomic mass is 19.3. The Morgan fingerprint density at radius 1 is 1.29 bits per heavy atom. The molecule has 0 fully saturated rings. The molecule has 2 N–H and O–H groups in total. The van der Waals surface area contributed by atoms with Crippen molar-refractivity contribution in [3.8, 4) is 5.75 Å². The van der Waals surface area contributed by atoms with Crippen LogP contribution in [-0.2, 0) is 4.79 Å². The predicted octanol–water partition coefficient (Wildman–Crippen LogP) is 2.52. The summed E-state index contributed by atoms with van der Waals surface area (Å²) in [5, 5.41) is 11.3. The zero-order chi connectivity index (χ0) is 15.8. The molecule has 1 amide bonds. The Hall–Kier alpha value is -2.18. The summed E-state index contributed by atoms with van der Waals surface area (Å²) in [4.78, 5) is 22.5. The second kappa shape index (κ2) is 8.18. The molecule has 0 aliphatic carbocycles. The van der Waals surface area contributed by atoms with Gasteiger partial charge in [-0.25, -0.2) is 0 Å². The quantitative estimate of drug-likeness (QED) is 0.773. The number of carbonyl (C=O) groups is 2. The van der Waals surface area contributed by atoms with E-state index < -0.39 is 12.6 Å². The molecular weight excluding hydrogens is 284 g/mol. The molecule has 7 heteroatoms. The van der Waals surface area contributed by atoms with Gasteiger partial charge in [-0.05, 0) is 30.2 Å². The summed E-state index contributed by atoms with van der Waals surface area (Å²) in [6.45, 7) is -0.821. The molecule has 0 spiro atoms. The largest absolute Gasteiger partial charge is 0.481 e. The van der Waals surface area contributed by atoms with E-state index in [1.165, 1.54) is 24.3 Å². The number of carboxylic acid groups (broad SMARTS) is 1. The molecule has 1 rings (SSSR count). The average molecular weight is 301 g/mol. The second-order valence-electron chi connectivity index (χ2n) is 4.49. The van der Waals surface area contributed by atoms with E-state index in [1.807, 2.05) is 6.92 Å². The number of hydrogen-bond acceptors (Lipinski definition) is 3. The number of rotatable bonds is 8. The van der Waals surface area contributed by atoms with Crippen LogP contribution in [0.25, 0.3) is 0 Å². The molecule has 0 saturated heterocycles. The van der Waals surface area contributed by atoms with Crippen molar-refractivity contribution >= 4 is 11.9 Å². The third-order valence-corrected chi connectivity index (χ3v) is 2.93. The van der Waals surface area contributed by atoms with E-state index >= 15 is 0 Å². The third kappa shape index (κ3) is 6.20. The highest BCUT2D eigenvalue weighted by Gasteiger charge is 2.13. The number of carbonyl (C=O) groups excluding carboxylic acids is 1. The first-order chi connectivity index (χ1) is 9.92. The zero-order valence-corrected chi connectivity index (χ0v) is 11.5. The van der Waals surface area contributed by atoms with E-state index in [2.05, 4.69) is 10.1 Å². The average Bonchev–Trinajstić information content (AvgIpc) is 2.42. The van der Waals surface area contributed by atoms with Gasteiger partial charge in [0.05, 0.1) is 0 Å². The molecule has 0 aromatic heterocycles. The van der Waals surface area contributed by atoms with Gasteiger partial charge < -0.3 is 15.2 Å². The minimum absolute atomic E-state index is 0.0159. The molecule has 0 heterocycles. The summed E-state index contributed by atoms with van der Waals surface area (Å²) in [5.41, 5.74) is 0.293. The Kier molecular flexibility index (Phi) is 6.58. The first kappa shape index (κ1) is 16.9. The Bertz CT molecular complexity index is 476. The molecule has 0 radical (unpaired) electrons. The maximum absolute atomic E-state index is 12.0. The number of nitrogens with one attached hydrogen (secondary N) is 1. The number of benzene rings is 1. The molecule has 0 aliphatic rings. The van der Waals surface area contributed by atoms with Crippen LogP contribution in [0.3, 0.4) is 0 Å². The molecule has 5 nitrogen and oxygen atoms in total. The van der Waals surface area contributed by atoms with Gasteiger partial charge in [0, 0.05) is 18.5 Å². The Morgan fingerprint density at radius 2 is 1.90 bits per heavy atom. The number of halogens is 2. The maximum atomic E-state index is 12.0. The van der Waals surface area contributed by atoms with Crippen molar-refractivity contribution < 1.29 is 28.2 Å². The molecule has 0 bridgehead atoms. The number of amides is 1. The van der Waals surface area contributed by atoms with Crippen LogP contribution < -0.4 is 10.1 Å². The lowest BCUT2D eigenvalue weighted by Gasteiger charge is -2.13. The van der Waals surface area contributed by atoms with Crippen LogP contribution in [0, 0.1) is 5.92 Å². The van der Waals surface area contributed by atoms with Gasteiger partial charge in [-0.2, -0.15) is 8.78 Å². The molecular formula is C14H17F2NO4. The van der Waals surface area contributed by atoms with Crippen molar-refractivity contribution in [2.45, 2.75) is 26.4 Å². The zero-order valence-electron chi connectivity index (χ0n) is 11.5. The van der Waals surface area contributed by atoms with Crippen molar-refractivity contribution in [2.75, 3.05) is 6.54 Å².